The largest absolute Gasteiger partial charge is 0.330 e. The predicted molar refractivity (Wildman–Crippen MR) is 63.5 cm³/mol. The van der Waals surface area contributed by atoms with E-state index < -0.39 is 0 Å². The van der Waals surface area contributed by atoms with Crippen molar-refractivity contribution in [1.29, 1.82) is 0 Å². The van der Waals surface area contributed by atoms with Crippen LogP contribution in [0.2, 0.25) is 0 Å². The summed E-state index contributed by atoms with van der Waals surface area (Å²) in [7, 11) is 2.15. The van der Waals surface area contributed by atoms with E-state index in [1.807, 2.05) is 12.3 Å². The zero-order valence-electron chi connectivity index (χ0n) is 9.69. The molecule has 0 spiro atoms. The third-order valence-corrected chi connectivity index (χ3v) is 2.75. The summed E-state index contributed by atoms with van der Waals surface area (Å²) in [6.07, 6.45) is 5.94. The van der Waals surface area contributed by atoms with Crippen molar-refractivity contribution in [1.82, 2.24) is 9.88 Å². The highest BCUT2D eigenvalue weighted by Crippen LogP contribution is 2.09. The van der Waals surface area contributed by atoms with E-state index in [9.17, 15) is 0 Å². The monoisotopic (exact) mass is 207 g/mol. The van der Waals surface area contributed by atoms with Gasteiger partial charge in [-0.15, -0.1) is 0 Å². The van der Waals surface area contributed by atoms with E-state index in [1.54, 1.807) is 6.20 Å². The normalized spacial score (nSPS) is 13.1. The average Bonchev–Trinajstić information content (AvgIpc) is 2.27. The van der Waals surface area contributed by atoms with Gasteiger partial charge in [-0.2, -0.15) is 0 Å². The summed E-state index contributed by atoms with van der Waals surface area (Å²) in [6, 6.07) is 4.67. The van der Waals surface area contributed by atoms with Crippen molar-refractivity contribution < 1.29 is 0 Å². The minimum atomic E-state index is 0.579. The van der Waals surface area contributed by atoms with E-state index >= 15 is 0 Å². The first-order chi connectivity index (χ1) is 7.27. The summed E-state index contributed by atoms with van der Waals surface area (Å²) in [5.74, 6) is 0. The Labute approximate surface area is 92.3 Å². The van der Waals surface area contributed by atoms with E-state index in [0.29, 0.717) is 6.04 Å². The van der Waals surface area contributed by atoms with E-state index in [1.165, 1.54) is 5.56 Å². The smallest absolute Gasteiger partial charge is 0.0312 e. The quantitative estimate of drug-likeness (QED) is 0.771. The number of rotatable bonds is 6. The molecule has 0 aliphatic rings. The van der Waals surface area contributed by atoms with Crippen LogP contribution in [0.15, 0.2) is 24.5 Å². The van der Waals surface area contributed by atoms with Crippen LogP contribution in [0.1, 0.15) is 25.3 Å². The molecule has 0 aliphatic heterocycles. The van der Waals surface area contributed by atoms with Gasteiger partial charge in [0.1, 0.15) is 0 Å². The number of nitrogens with two attached hydrogens (primary N) is 1. The Bertz CT molecular complexity index is 261. The Morgan fingerprint density at radius 1 is 1.53 bits per heavy atom. The van der Waals surface area contributed by atoms with Crippen LogP contribution in [0.4, 0.5) is 0 Å². The second kappa shape index (κ2) is 6.53. The number of aromatic nitrogens is 1. The minimum absolute atomic E-state index is 0.579. The van der Waals surface area contributed by atoms with Crippen molar-refractivity contribution in [3.05, 3.63) is 30.1 Å². The molecular formula is C12H21N3. The van der Waals surface area contributed by atoms with Crippen molar-refractivity contribution in [2.24, 2.45) is 5.73 Å². The third-order valence-electron chi connectivity index (χ3n) is 2.75. The van der Waals surface area contributed by atoms with Crippen LogP contribution in [-0.4, -0.2) is 29.5 Å². The summed E-state index contributed by atoms with van der Waals surface area (Å²) in [6.45, 7) is 3.92. The zero-order valence-corrected chi connectivity index (χ0v) is 9.69. The van der Waals surface area contributed by atoms with E-state index in [2.05, 4.69) is 29.9 Å². The van der Waals surface area contributed by atoms with Crippen molar-refractivity contribution in [2.45, 2.75) is 32.4 Å². The van der Waals surface area contributed by atoms with Crippen LogP contribution in [0.5, 0.6) is 0 Å². The molecule has 1 aromatic heterocycles. The topological polar surface area (TPSA) is 42.1 Å². The molecular weight excluding hydrogens is 186 g/mol. The summed E-state index contributed by atoms with van der Waals surface area (Å²) in [4.78, 5) is 6.47. The average molecular weight is 207 g/mol. The van der Waals surface area contributed by atoms with Gasteiger partial charge in [0.15, 0.2) is 0 Å². The molecule has 3 nitrogen and oxygen atoms in total. The molecule has 1 aromatic rings. The van der Waals surface area contributed by atoms with Gasteiger partial charge in [-0.05, 0) is 38.1 Å². The molecule has 0 saturated carbocycles. The molecule has 1 unspecified atom stereocenters. The van der Waals surface area contributed by atoms with Gasteiger partial charge in [-0.1, -0.05) is 13.0 Å². The molecule has 2 N–H and O–H groups in total. The van der Waals surface area contributed by atoms with Gasteiger partial charge in [0.25, 0.3) is 0 Å². The van der Waals surface area contributed by atoms with E-state index in [-0.39, 0.29) is 0 Å². The van der Waals surface area contributed by atoms with Crippen LogP contribution in [0, 0.1) is 0 Å². The maximum absolute atomic E-state index is 5.60. The van der Waals surface area contributed by atoms with Crippen LogP contribution < -0.4 is 5.73 Å². The summed E-state index contributed by atoms with van der Waals surface area (Å²) >= 11 is 0. The number of hydrogen-bond acceptors (Lipinski definition) is 3. The SMILES string of the molecule is CCC(CCN)N(C)Cc1cccnc1. The first kappa shape index (κ1) is 12.1. The molecule has 0 aromatic carbocycles. The lowest BCUT2D eigenvalue weighted by Crippen LogP contribution is -2.32. The lowest BCUT2D eigenvalue weighted by atomic mass is 10.1. The van der Waals surface area contributed by atoms with Crippen molar-refractivity contribution >= 4 is 0 Å². The fourth-order valence-corrected chi connectivity index (χ4v) is 1.84. The molecule has 0 aliphatic carbocycles. The van der Waals surface area contributed by atoms with Gasteiger partial charge in [0.05, 0.1) is 0 Å². The molecule has 0 bridgehead atoms. The van der Waals surface area contributed by atoms with Gasteiger partial charge in [0.2, 0.25) is 0 Å². The molecule has 0 fully saturated rings. The number of hydrogen-bond donors (Lipinski definition) is 1. The van der Waals surface area contributed by atoms with Gasteiger partial charge < -0.3 is 5.73 Å². The van der Waals surface area contributed by atoms with Gasteiger partial charge in [0, 0.05) is 25.0 Å². The van der Waals surface area contributed by atoms with Crippen LogP contribution in [0.3, 0.4) is 0 Å². The summed E-state index contributed by atoms with van der Waals surface area (Å²) in [5, 5.41) is 0. The molecule has 15 heavy (non-hydrogen) atoms. The van der Waals surface area contributed by atoms with Crippen LogP contribution >= 0.6 is 0 Å². The van der Waals surface area contributed by atoms with Crippen LogP contribution in [-0.2, 0) is 6.54 Å². The van der Waals surface area contributed by atoms with Crippen LogP contribution in [0.25, 0.3) is 0 Å². The van der Waals surface area contributed by atoms with Crippen molar-refractivity contribution in [3.63, 3.8) is 0 Å². The highest BCUT2D eigenvalue weighted by atomic mass is 15.1. The standard InChI is InChI=1S/C12H21N3/c1-3-12(6-7-13)15(2)10-11-5-4-8-14-9-11/h4-5,8-9,12H,3,6-7,10,13H2,1-2H3. The summed E-state index contributed by atoms with van der Waals surface area (Å²) in [5.41, 5.74) is 6.86. The molecule has 1 atom stereocenters. The fourth-order valence-electron chi connectivity index (χ4n) is 1.84. The van der Waals surface area contributed by atoms with E-state index in [4.69, 9.17) is 5.73 Å². The maximum atomic E-state index is 5.60. The molecule has 3 heteroatoms. The lowest BCUT2D eigenvalue weighted by molar-refractivity contribution is 0.218. The second-order valence-corrected chi connectivity index (χ2v) is 3.92. The first-order valence-corrected chi connectivity index (χ1v) is 5.57. The van der Waals surface area contributed by atoms with Crippen molar-refractivity contribution in [2.75, 3.05) is 13.6 Å². The third kappa shape index (κ3) is 3.98. The first-order valence-electron chi connectivity index (χ1n) is 5.57. The highest BCUT2D eigenvalue weighted by Gasteiger charge is 2.11. The summed E-state index contributed by atoms with van der Waals surface area (Å²) < 4.78 is 0. The number of nitrogens with zero attached hydrogens (tertiary/aromatic N) is 2. The Balaban J connectivity index is 2.50. The molecule has 1 rings (SSSR count). The lowest BCUT2D eigenvalue weighted by Gasteiger charge is -2.26. The molecule has 84 valence electrons. The molecule has 0 amide bonds. The Morgan fingerprint density at radius 3 is 2.87 bits per heavy atom. The Morgan fingerprint density at radius 2 is 2.33 bits per heavy atom. The van der Waals surface area contributed by atoms with Gasteiger partial charge in [-0.3, -0.25) is 9.88 Å². The highest BCUT2D eigenvalue weighted by molar-refractivity contribution is 5.08. The van der Waals surface area contributed by atoms with Gasteiger partial charge in [-0.25, -0.2) is 0 Å². The van der Waals surface area contributed by atoms with E-state index in [0.717, 1.165) is 25.9 Å². The second-order valence-electron chi connectivity index (χ2n) is 3.92. The van der Waals surface area contributed by atoms with Crippen molar-refractivity contribution in [3.8, 4) is 0 Å². The molecule has 0 radical (unpaired) electrons. The fraction of sp³-hybridized carbons (Fsp3) is 0.583. The predicted octanol–water partition coefficient (Wildman–Crippen LogP) is 1.64. The Hall–Kier alpha value is -0.930. The minimum Gasteiger partial charge on any atom is -0.330 e. The molecule has 0 saturated heterocycles. The molecule has 1 heterocycles. The Kier molecular flexibility index (Phi) is 5.29. The zero-order chi connectivity index (χ0) is 11.1. The van der Waals surface area contributed by atoms with Gasteiger partial charge >= 0.3 is 0 Å². The number of pyridine rings is 1. The maximum Gasteiger partial charge on any atom is 0.0312 e.